The molecule has 0 spiro atoms. The van der Waals surface area contributed by atoms with Gasteiger partial charge in [-0.15, -0.1) is 0 Å². The van der Waals surface area contributed by atoms with Crippen LogP contribution in [0.3, 0.4) is 0 Å². The van der Waals surface area contributed by atoms with Gasteiger partial charge in [-0.05, 0) is 36.8 Å². The highest BCUT2D eigenvalue weighted by molar-refractivity contribution is 7.91. The Morgan fingerprint density at radius 2 is 1.74 bits per heavy atom. The molecule has 0 radical (unpaired) electrons. The highest BCUT2D eigenvalue weighted by Gasteiger charge is 2.35. The summed E-state index contributed by atoms with van der Waals surface area (Å²) in [5, 5.41) is 13.0. The average molecular weight is 339 g/mol. The summed E-state index contributed by atoms with van der Waals surface area (Å²) in [6.07, 6.45) is 2.39. The smallest absolute Gasteiger partial charge is 0.220 e. The fraction of sp³-hybridized carbons (Fsp3) is 0.588. The van der Waals surface area contributed by atoms with Crippen molar-refractivity contribution in [3.63, 3.8) is 0 Å². The molecule has 23 heavy (non-hydrogen) atoms. The lowest BCUT2D eigenvalue weighted by atomic mass is 9.97. The standard InChI is InChI=1S/C17H25NO4S/c1-2-14-3-5-15(6-4-14)7-8-16(19)18-13-17(20)9-11-23(21,22)12-10-17/h3-6,20H,2,7-13H2,1H3,(H,18,19). The van der Waals surface area contributed by atoms with Crippen molar-refractivity contribution in [2.75, 3.05) is 18.1 Å². The Kier molecular flexibility index (Phi) is 5.81. The summed E-state index contributed by atoms with van der Waals surface area (Å²) in [5.41, 5.74) is 1.29. The van der Waals surface area contributed by atoms with Crippen LogP contribution in [0.25, 0.3) is 0 Å². The number of aliphatic hydroxyl groups is 1. The largest absolute Gasteiger partial charge is 0.388 e. The van der Waals surface area contributed by atoms with Crippen molar-refractivity contribution in [3.05, 3.63) is 35.4 Å². The molecule has 1 heterocycles. The Bertz CT molecular complexity index is 623. The van der Waals surface area contributed by atoms with Gasteiger partial charge in [-0.2, -0.15) is 0 Å². The van der Waals surface area contributed by atoms with Crippen molar-refractivity contribution < 1.29 is 18.3 Å². The summed E-state index contributed by atoms with van der Waals surface area (Å²) < 4.78 is 22.8. The van der Waals surface area contributed by atoms with Crippen LogP contribution in [0.2, 0.25) is 0 Å². The van der Waals surface area contributed by atoms with Gasteiger partial charge in [0.1, 0.15) is 0 Å². The quantitative estimate of drug-likeness (QED) is 0.817. The lowest BCUT2D eigenvalue weighted by Gasteiger charge is -2.31. The molecule has 6 heteroatoms. The summed E-state index contributed by atoms with van der Waals surface area (Å²) in [6.45, 7) is 2.22. The van der Waals surface area contributed by atoms with Crippen LogP contribution in [0, 0.1) is 0 Å². The zero-order chi connectivity index (χ0) is 16.9. The van der Waals surface area contributed by atoms with E-state index >= 15 is 0 Å². The molecule has 1 saturated heterocycles. The van der Waals surface area contributed by atoms with E-state index in [1.54, 1.807) is 0 Å². The average Bonchev–Trinajstić information content (AvgIpc) is 2.55. The predicted molar refractivity (Wildman–Crippen MR) is 90.0 cm³/mol. The molecule has 0 saturated carbocycles. The molecule has 0 atom stereocenters. The van der Waals surface area contributed by atoms with Crippen LogP contribution in [0.1, 0.15) is 37.3 Å². The molecule has 1 aliphatic rings. The number of hydrogen-bond donors (Lipinski definition) is 2. The summed E-state index contributed by atoms with van der Waals surface area (Å²) in [5.74, 6) is -0.141. The number of rotatable bonds is 6. The summed E-state index contributed by atoms with van der Waals surface area (Å²) in [4.78, 5) is 11.9. The highest BCUT2D eigenvalue weighted by atomic mass is 32.2. The number of amides is 1. The van der Waals surface area contributed by atoms with Crippen molar-refractivity contribution in [1.82, 2.24) is 5.32 Å². The first-order valence-corrected chi connectivity index (χ1v) is 9.91. The molecule has 1 aliphatic heterocycles. The second-order valence-corrected chi connectivity index (χ2v) is 8.63. The lowest BCUT2D eigenvalue weighted by Crippen LogP contribution is -2.48. The normalized spacial score (nSPS) is 19.2. The van der Waals surface area contributed by atoms with E-state index in [0.717, 1.165) is 12.0 Å². The Balaban J connectivity index is 1.74. The van der Waals surface area contributed by atoms with Crippen LogP contribution in [-0.4, -0.2) is 43.1 Å². The number of hydrogen-bond acceptors (Lipinski definition) is 4. The Hall–Kier alpha value is -1.40. The first-order chi connectivity index (χ1) is 10.8. The molecule has 2 N–H and O–H groups in total. The Labute approximate surface area is 138 Å². The molecule has 5 nitrogen and oxygen atoms in total. The third-order valence-electron chi connectivity index (χ3n) is 4.44. The molecule has 1 amide bonds. The van der Waals surface area contributed by atoms with Gasteiger partial charge in [0.05, 0.1) is 17.1 Å². The van der Waals surface area contributed by atoms with Gasteiger partial charge < -0.3 is 10.4 Å². The molecule has 128 valence electrons. The molecule has 0 unspecified atom stereocenters. The van der Waals surface area contributed by atoms with Crippen molar-refractivity contribution in [3.8, 4) is 0 Å². The maximum Gasteiger partial charge on any atom is 0.220 e. The maximum atomic E-state index is 11.9. The third-order valence-corrected chi connectivity index (χ3v) is 6.10. The summed E-state index contributed by atoms with van der Waals surface area (Å²) >= 11 is 0. The Morgan fingerprint density at radius 3 is 2.30 bits per heavy atom. The SMILES string of the molecule is CCc1ccc(CCC(=O)NCC2(O)CCS(=O)(=O)CC2)cc1. The van der Waals surface area contributed by atoms with Gasteiger partial charge in [0.2, 0.25) is 5.91 Å². The molecule has 0 aliphatic carbocycles. The van der Waals surface area contributed by atoms with Gasteiger partial charge in [0, 0.05) is 13.0 Å². The fourth-order valence-corrected chi connectivity index (χ4v) is 4.23. The molecule has 1 aromatic rings. The molecule has 0 bridgehead atoms. The zero-order valence-corrected chi connectivity index (χ0v) is 14.4. The third kappa shape index (κ3) is 5.62. The van der Waals surface area contributed by atoms with Crippen LogP contribution >= 0.6 is 0 Å². The summed E-state index contributed by atoms with van der Waals surface area (Å²) in [6, 6.07) is 8.20. The minimum atomic E-state index is -3.02. The number of benzene rings is 1. The zero-order valence-electron chi connectivity index (χ0n) is 13.5. The minimum absolute atomic E-state index is 0.0108. The van der Waals surface area contributed by atoms with E-state index in [1.807, 2.05) is 12.1 Å². The van der Waals surface area contributed by atoms with E-state index in [1.165, 1.54) is 5.56 Å². The van der Waals surface area contributed by atoms with Crippen LogP contribution in [0.15, 0.2) is 24.3 Å². The van der Waals surface area contributed by atoms with Crippen molar-refractivity contribution >= 4 is 15.7 Å². The highest BCUT2D eigenvalue weighted by Crippen LogP contribution is 2.22. The van der Waals surface area contributed by atoms with Crippen LogP contribution in [0.5, 0.6) is 0 Å². The molecular formula is C17H25NO4S. The second kappa shape index (κ2) is 7.45. The maximum absolute atomic E-state index is 11.9. The monoisotopic (exact) mass is 339 g/mol. The first-order valence-electron chi connectivity index (χ1n) is 8.09. The Morgan fingerprint density at radius 1 is 1.17 bits per heavy atom. The van der Waals surface area contributed by atoms with E-state index in [-0.39, 0.29) is 36.8 Å². The second-order valence-electron chi connectivity index (χ2n) is 6.32. The van der Waals surface area contributed by atoms with Gasteiger partial charge in [0.25, 0.3) is 0 Å². The van der Waals surface area contributed by atoms with Crippen molar-refractivity contribution in [1.29, 1.82) is 0 Å². The predicted octanol–water partition coefficient (Wildman–Crippen LogP) is 1.24. The van der Waals surface area contributed by atoms with Crippen LogP contribution in [0.4, 0.5) is 0 Å². The van der Waals surface area contributed by atoms with E-state index in [0.29, 0.717) is 12.8 Å². The van der Waals surface area contributed by atoms with Crippen molar-refractivity contribution in [2.24, 2.45) is 0 Å². The molecule has 2 rings (SSSR count). The number of nitrogens with one attached hydrogen (secondary N) is 1. The molecule has 0 aromatic heterocycles. The van der Waals surface area contributed by atoms with E-state index in [9.17, 15) is 18.3 Å². The van der Waals surface area contributed by atoms with E-state index < -0.39 is 15.4 Å². The molecule has 1 fully saturated rings. The number of carbonyl (C=O) groups is 1. The lowest BCUT2D eigenvalue weighted by molar-refractivity contribution is -0.122. The molecular weight excluding hydrogens is 314 g/mol. The van der Waals surface area contributed by atoms with E-state index in [4.69, 9.17) is 0 Å². The van der Waals surface area contributed by atoms with Gasteiger partial charge in [-0.1, -0.05) is 31.2 Å². The minimum Gasteiger partial charge on any atom is -0.388 e. The number of aryl methyl sites for hydroxylation is 2. The number of sulfone groups is 1. The molecule has 1 aromatic carbocycles. The summed E-state index contributed by atoms with van der Waals surface area (Å²) in [7, 11) is -3.02. The fourth-order valence-electron chi connectivity index (χ4n) is 2.65. The first kappa shape index (κ1) is 17.9. The van der Waals surface area contributed by atoms with Gasteiger partial charge in [-0.3, -0.25) is 4.79 Å². The topological polar surface area (TPSA) is 83.5 Å². The van der Waals surface area contributed by atoms with Crippen LogP contribution < -0.4 is 5.32 Å². The van der Waals surface area contributed by atoms with Gasteiger partial charge in [0.15, 0.2) is 9.84 Å². The van der Waals surface area contributed by atoms with Gasteiger partial charge in [-0.25, -0.2) is 8.42 Å². The van der Waals surface area contributed by atoms with Crippen LogP contribution in [-0.2, 0) is 27.5 Å². The van der Waals surface area contributed by atoms with Gasteiger partial charge >= 0.3 is 0 Å². The van der Waals surface area contributed by atoms with E-state index in [2.05, 4.69) is 24.4 Å². The van der Waals surface area contributed by atoms with Crippen molar-refractivity contribution in [2.45, 2.75) is 44.6 Å². The number of carbonyl (C=O) groups excluding carboxylic acids is 1.